The third-order valence-electron chi connectivity index (χ3n) is 3.38. The van der Waals surface area contributed by atoms with Gasteiger partial charge in [0.05, 0.1) is 0 Å². The van der Waals surface area contributed by atoms with Crippen molar-refractivity contribution in [3.8, 4) is 0 Å². The molecule has 0 atom stereocenters. The molecular formula is C16H12F2N4O3. The Kier molecular flexibility index (Phi) is 4.22. The minimum absolute atomic E-state index is 0.109. The van der Waals surface area contributed by atoms with Crippen LogP contribution in [0.2, 0.25) is 0 Å². The van der Waals surface area contributed by atoms with Crippen LogP contribution in [0.4, 0.5) is 8.78 Å². The summed E-state index contributed by atoms with van der Waals surface area (Å²) in [5, 5.41) is 3.98. The van der Waals surface area contributed by atoms with Gasteiger partial charge in [0.1, 0.15) is 0 Å². The number of Topliss-reactive ketones (excluding diaryl/α,β-unsaturated/α-hetero) is 1. The Bertz CT molecular complexity index is 1000. The number of hydrogen-bond donors (Lipinski definition) is 0. The van der Waals surface area contributed by atoms with Crippen LogP contribution >= 0.6 is 0 Å². The van der Waals surface area contributed by atoms with Crippen LogP contribution in [-0.2, 0) is 4.74 Å². The first-order valence-electron chi connectivity index (χ1n) is 7.21. The number of ether oxygens (including phenoxy) is 1. The fraction of sp³-hybridized carbons (Fsp3) is 0.188. The molecular weight excluding hydrogens is 334 g/mol. The van der Waals surface area contributed by atoms with Gasteiger partial charge in [-0.3, -0.25) is 4.79 Å². The van der Waals surface area contributed by atoms with E-state index >= 15 is 0 Å². The summed E-state index contributed by atoms with van der Waals surface area (Å²) in [5.74, 6) is -3.84. The number of nitrogens with zero attached hydrogens (tertiary/aromatic N) is 4. The van der Waals surface area contributed by atoms with Crippen molar-refractivity contribution in [2.75, 3.05) is 6.61 Å². The summed E-state index contributed by atoms with van der Waals surface area (Å²) in [4.78, 5) is 32.0. The number of aromatic nitrogens is 4. The van der Waals surface area contributed by atoms with Crippen LogP contribution in [0.15, 0.2) is 24.3 Å². The van der Waals surface area contributed by atoms with E-state index in [-0.39, 0.29) is 17.2 Å². The van der Waals surface area contributed by atoms with E-state index in [2.05, 4.69) is 15.1 Å². The van der Waals surface area contributed by atoms with Gasteiger partial charge in [-0.1, -0.05) is 0 Å². The molecule has 0 aliphatic rings. The zero-order valence-corrected chi connectivity index (χ0v) is 13.3. The SMILES string of the molecule is Cc1cc(C)n2nc(C(=O)OCC(=O)c3ccc(F)c(F)c3)nc2n1. The second kappa shape index (κ2) is 6.34. The molecule has 2 heterocycles. The molecule has 0 aliphatic heterocycles. The molecule has 0 amide bonds. The summed E-state index contributed by atoms with van der Waals surface area (Å²) in [6.07, 6.45) is 0. The molecule has 25 heavy (non-hydrogen) atoms. The molecule has 0 bridgehead atoms. The molecule has 7 nitrogen and oxygen atoms in total. The Balaban J connectivity index is 1.73. The highest BCUT2D eigenvalue weighted by molar-refractivity contribution is 5.98. The van der Waals surface area contributed by atoms with Crippen molar-refractivity contribution in [2.24, 2.45) is 0 Å². The summed E-state index contributed by atoms with van der Waals surface area (Å²) in [5.41, 5.74) is 1.33. The molecule has 0 saturated heterocycles. The van der Waals surface area contributed by atoms with Crippen LogP contribution in [0.1, 0.15) is 32.4 Å². The zero-order chi connectivity index (χ0) is 18.1. The van der Waals surface area contributed by atoms with Crippen LogP contribution in [-0.4, -0.2) is 37.9 Å². The van der Waals surface area contributed by atoms with Crippen LogP contribution in [0.3, 0.4) is 0 Å². The summed E-state index contributed by atoms with van der Waals surface area (Å²) in [6, 6.07) is 4.44. The number of esters is 1. The molecule has 0 unspecified atom stereocenters. The standard InChI is InChI=1S/C16H12F2N4O3/c1-8-5-9(2)22-16(19-8)20-14(21-22)15(24)25-7-13(23)10-3-4-11(17)12(18)6-10/h3-6H,7H2,1-2H3. The fourth-order valence-electron chi connectivity index (χ4n) is 2.20. The third-order valence-corrected chi connectivity index (χ3v) is 3.38. The smallest absolute Gasteiger partial charge is 0.378 e. The topological polar surface area (TPSA) is 86.5 Å². The first kappa shape index (κ1) is 16.6. The fourth-order valence-corrected chi connectivity index (χ4v) is 2.20. The molecule has 0 radical (unpaired) electrons. The van der Waals surface area contributed by atoms with Crippen molar-refractivity contribution in [2.45, 2.75) is 13.8 Å². The number of aryl methyl sites for hydroxylation is 2. The summed E-state index contributed by atoms with van der Waals surface area (Å²) >= 11 is 0. The Morgan fingerprint density at radius 2 is 1.88 bits per heavy atom. The molecule has 3 rings (SSSR count). The predicted octanol–water partition coefficient (Wildman–Crippen LogP) is 2.06. The van der Waals surface area contributed by atoms with E-state index in [1.807, 2.05) is 0 Å². The number of carbonyl (C=O) groups is 2. The Morgan fingerprint density at radius 3 is 2.60 bits per heavy atom. The lowest BCUT2D eigenvalue weighted by Gasteiger charge is -2.02. The lowest BCUT2D eigenvalue weighted by atomic mass is 10.1. The van der Waals surface area contributed by atoms with Gasteiger partial charge in [-0.25, -0.2) is 23.1 Å². The molecule has 9 heteroatoms. The number of carbonyl (C=O) groups excluding carboxylic acids is 2. The van der Waals surface area contributed by atoms with E-state index in [4.69, 9.17) is 4.74 Å². The van der Waals surface area contributed by atoms with E-state index in [0.29, 0.717) is 5.69 Å². The Hall–Kier alpha value is -3.23. The minimum atomic E-state index is -1.16. The van der Waals surface area contributed by atoms with E-state index < -0.39 is 30.0 Å². The number of halogens is 2. The summed E-state index contributed by atoms with van der Waals surface area (Å²) < 4.78 is 32.2. The Morgan fingerprint density at radius 1 is 1.12 bits per heavy atom. The lowest BCUT2D eigenvalue weighted by molar-refractivity contribution is 0.0463. The molecule has 0 spiro atoms. The molecule has 0 aliphatic carbocycles. The van der Waals surface area contributed by atoms with Crippen LogP contribution in [0.5, 0.6) is 0 Å². The maximum Gasteiger partial charge on any atom is 0.378 e. The van der Waals surface area contributed by atoms with Crippen molar-refractivity contribution in [3.63, 3.8) is 0 Å². The largest absolute Gasteiger partial charge is 0.451 e. The quantitative estimate of drug-likeness (QED) is 0.531. The number of rotatable bonds is 4. The number of fused-ring (bicyclic) bond motifs is 1. The number of benzene rings is 1. The maximum atomic E-state index is 13.1. The highest BCUT2D eigenvalue weighted by Gasteiger charge is 2.18. The first-order valence-corrected chi connectivity index (χ1v) is 7.21. The van der Waals surface area contributed by atoms with Gasteiger partial charge in [-0.05, 0) is 38.1 Å². The molecule has 128 valence electrons. The number of hydrogen-bond acceptors (Lipinski definition) is 6. The lowest BCUT2D eigenvalue weighted by Crippen LogP contribution is -2.15. The molecule has 0 fully saturated rings. The maximum absolute atomic E-state index is 13.1. The van der Waals surface area contributed by atoms with Gasteiger partial charge in [-0.2, -0.15) is 4.98 Å². The average molecular weight is 346 g/mol. The van der Waals surface area contributed by atoms with Gasteiger partial charge in [0, 0.05) is 17.0 Å². The van der Waals surface area contributed by atoms with E-state index in [1.165, 1.54) is 4.52 Å². The van der Waals surface area contributed by atoms with Crippen LogP contribution in [0, 0.1) is 25.5 Å². The monoisotopic (exact) mass is 346 g/mol. The highest BCUT2D eigenvalue weighted by Crippen LogP contribution is 2.10. The summed E-state index contributed by atoms with van der Waals surface area (Å²) in [7, 11) is 0. The van der Waals surface area contributed by atoms with Gasteiger partial charge in [0.15, 0.2) is 24.0 Å². The average Bonchev–Trinajstić information content (AvgIpc) is 2.99. The van der Waals surface area contributed by atoms with Gasteiger partial charge < -0.3 is 4.74 Å². The summed E-state index contributed by atoms with van der Waals surface area (Å²) in [6.45, 7) is 2.91. The Labute approximate surface area is 140 Å². The van der Waals surface area contributed by atoms with Crippen molar-refractivity contribution < 1.29 is 23.1 Å². The molecule has 0 saturated carbocycles. The second-order valence-electron chi connectivity index (χ2n) is 5.31. The van der Waals surface area contributed by atoms with Crippen molar-refractivity contribution in [1.82, 2.24) is 19.6 Å². The molecule has 2 aromatic heterocycles. The van der Waals surface area contributed by atoms with Gasteiger partial charge in [-0.15, -0.1) is 5.10 Å². The minimum Gasteiger partial charge on any atom is -0.451 e. The van der Waals surface area contributed by atoms with E-state index in [1.54, 1.807) is 19.9 Å². The van der Waals surface area contributed by atoms with Crippen molar-refractivity contribution in [3.05, 3.63) is 58.7 Å². The molecule has 0 N–H and O–H groups in total. The van der Waals surface area contributed by atoms with Gasteiger partial charge in [0.25, 0.3) is 11.6 Å². The third kappa shape index (κ3) is 3.35. The van der Waals surface area contributed by atoms with Crippen molar-refractivity contribution in [1.29, 1.82) is 0 Å². The highest BCUT2D eigenvalue weighted by atomic mass is 19.2. The van der Waals surface area contributed by atoms with Gasteiger partial charge >= 0.3 is 5.97 Å². The first-order chi connectivity index (χ1) is 11.8. The van der Waals surface area contributed by atoms with Crippen LogP contribution < -0.4 is 0 Å². The second-order valence-corrected chi connectivity index (χ2v) is 5.31. The molecule has 1 aromatic carbocycles. The zero-order valence-electron chi connectivity index (χ0n) is 13.3. The van der Waals surface area contributed by atoms with Gasteiger partial charge in [0.2, 0.25) is 0 Å². The van der Waals surface area contributed by atoms with Crippen molar-refractivity contribution >= 4 is 17.5 Å². The van der Waals surface area contributed by atoms with E-state index in [9.17, 15) is 18.4 Å². The van der Waals surface area contributed by atoms with E-state index in [0.717, 1.165) is 23.9 Å². The molecule has 3 aromatic rings. The predicted molar refractivity (Wildman–Crippen MR) is 81.2 cm³/mol. The normalized spacial score (nSPS) is 10.9. The van der Waals surface area contributed by atoms with Crippen LogP contribution in [0.25, 0.3) is 5.78 Å². The number of ketones is 1.